The lowest BCUT2D eigenvalue weighted by Gasteiger charge is -2.30. The van der Waals surface area contributed by atoms with E-state index in [2.05, 4.69) is 15.5 Å². The summed E-state index contributed by atoms with van der Waals surface area (Å²) in [4.78, 5) is 12.8. The summed E-state index contributed by atoms with van der Waals surface area (Å²) >= 11 is 5.84. The van der Waals surface area contributed by atoms with Crippen LogP contribution in [-0.2, 0) is 14.8 Å². The van der Waals surface area contributed by atoms with Crippen LogP contribution in [0.3, 0.4) is 0 Å². The number of hydrogen-bond donors (Lipinski definition) is 1. The largest absolute Gasteiger partial charge is 0.496 e. The molecule has 11 heteroatoms. The number of halogens is 1. The second-order valence-electron chi connectivity index (χ2n) is 7.23. The van der Waals surface area contributed by atoms with Crippen molar-refractivity contribution in [1.29, 1.82) is 0 Å². The number of nitrogens with one attached hydrogen (secondary N) is 1. The molecule has 168 valence electrons. The minimum absolute atomic E-state index is 0.0212. The Balaban J connectivity index is 1.37. The van der Waals surface area contributed by atoms with Crippen molar-refractivity contribution < 1.29 is 22.4 Å². The molecular formula is C21H21ClN4O5S. The molecule has 0 spiro atoms. The standard InChI is InChI=1S/C21H21ClN4O5S/c1-30-18-5-3-2-4-17(18)20-24-25-21(31-20)23-19(27)14-10-12-26(13-11-14)32(28,29)16-8-6-15(22)7-9-16/h2-9,14H,10-13H2,1H3,(H,23,25,27). The molecule has 1 aliphatic rings. The van der Waals surface area contributed by atoms with Crippen LogP contribution in [0.5, 0.6) is 5.75 Å². The first-order chi connectivity index (χ1) is 15.4. The average Bonchev–Trinajstić information content (AvgIpc) is 3.27. The quantitative estimate of drug-likeness (QED) is 0.579. The molecule has 2 heterocycles. The summed E-state index contributed by atoms with van der Waals surface area (Å²) in [6.07, 6.45) is 0.762. The van der Waals surface area contributed by atoms with E-state index >= 15 is 0 Å². The molecule has 1 saturated heterocycles. The molecule has 1 amide bonds. The fraction of sp³-hybridized carbons (Fsp3) is 0.286. The Kier molecular flexibility index (Phi) is 6.45. The van der Waals surface area contributed by atoms with Gasteiger partial charge in [0.15, 0.2) is 0 Å². The first-order valence-corrected chi connectivity index (χ1v) is 11.7. The number of anilines is 1. The third-order valence-electron chi connectivity index (χ3n) is 5.27. The molecule has 3 aromatic rings. The highest BCUT2D eigenvalue weighted by molar-refractivity contribution is 7.89. The van der Waals surface area contributed by atoms with E-state index in [1.165, 1.54) is 23.5 Å². The lowest BCUT2D eigenvalue weighted by atomic mass is 9.97. The molecule has 0 bridgehead atoms. The van der Waals surface area contributed by atoms with E-state index in [0.717, 1.165) is 0 Å². The minimum Gasteiger partial charge on any atom is -0.496 e. The van der Waals surface area contributed by atoms with E-state index in [1.54, 1.807) is 24.3 Å². The number of methoxy groups -OCH3 is 1. The SMILES string of the molecule is COc1ccccc1-c1nnc(NC(=O)C2CCN(S(=O)(=O)c3ccc(Cl)cc3)CC2)o1. The molecule has 9 nitrogen and oxygen atoms in total. The Labute approximate surface area is 190 Å². The van der Waals surface area contributed by atoms with Gasteiger partial charge >= 0.3 is 6.01 Å². The Morgan fingerprint density at radius 1 is 1.12 bits per heavy atom. The van der Waals surface area contributed by atoms with Crippen LogP contribution in [0.2, 0.25) is 5.02 Å². The van der Waals surface area contributed by atoms with Gasteiger partial charge in [-0.1, -0.05) is 28.8 Å². The molecule has 1 N–H and O–H groups in total. The number of carbonyl (C=O) groups excluding carboxylic acids is 1. The maximum Gasteiger partial charge on any atom is 0.322 e. The summed E-state index contributed by atoms with van der Waals surface area (Å²) < 4.78 is 37.8. The molecule has 2 aromatic carbocycles. The molecule has 32 heavy (non-hydrogen) atoms. The van der Waals surface area contributed by atoms with Crippen LogP contribution < -0.4 is 10.1 Å². The van der Waals surface area contributed by atoms with Gasteiger partial charge in [0.25, 0.3) is 5.89 Å². The van der Waals surface area contributed by atoms with Crippen LogP contribution >= 0.6 is 11.6 Å². The van der Waals surface area contributed by atoms with Crippen molar-refractivity contribution in [2.45, 2.75) is 17.7 Å². The minimum atomic E-state index is -3.63. The van der Waals surface area contributed by atoms with Gasteiger partial charge in [0.05, 0.1) is 17.6 Å². The molecule has 1 aromatic heterocycles. The van der Waals surface area contributed by atoms with Crippen LogP contribution in [-0.4, -0.2) is 49.0 Å². The van der Waals surface area contributed by atoms with Gasteiger partial charge in [-0.25, -0.2) is 8.42 Å². The van der Waals surface area contributed by atoms with Crippen molar-refractivity contribution in [2.75, 3.05) is 25.5 Å². The van der Waals surface area contributed by atoms with Crippen molar-refractivity contribution in [1.82, 2.24) is 14.5 Å². The van der Waals surface area contributed by atoms with E-state index in [1.807, 2.05) is 12.1 Å². The predicted octanol–water partition coefficient (Wildman–Crippen LogP) is 3.44. The van der Waals surface area contributed by atoms with E-state index in [-0.39, 0.29) is 41.7 Å². The van der Waals surface area contributed by atoms with Gasteiger partial charge in [-0.15, -0.1) is 5.10 Å². The second kappa shape index (κ2) is 9.27. The fourth-order valence-electron chi connectivity index (χ4n) is 3.53. The third kappa shape index (κ3) is 4.62. The zero-order valence-corrected chi connectivity index (χ0v) is 18.8. The first-order valence-electron chi connectivity index (χ1n) is 9.92. The molecule has 0 aliphatic carbocycles. The van der Waals surface area contributed by atoms with Gasteiger partial charge in [-0.05, 0) is 49.2 Å². The van der Waals surface area contributed by atoms with Crippen LogP contribution in [0.4, 0.5) is 6.01 Å². The average molecular weight is 477 g/mol. The number of piperidine rings is 1. The van der Waals surface area contributed by atoms with Crippen molar-refractivity contribution >= 4 is 33.5 Å². The number of hydrogen-bond acceptors (Lipinski definition) is 7. The van der Waals surface area contributed by atoms with E-state index < -0.39 is 10.0 Å². The van der Waals surface area contributed by atoms with Gasteiger partial charge in [0, 0.05) is 24.0 Å². The van der Waals surface area contributed by atoms with E-state index in [4.69, 9.17) is 20.8 Å². The Morgan fingerprint density at radius 3 is 2.50 bits per heavy atom. The van der Waals surface area contributed by atoms with Crippen LogP contribution in [0.25, 0.3) is 11.5 Å². The zero-order valence-electron chi connectivity index (χ0n) is 17.2. The highest BCUT2D eigenvalue weighted by atomic mass is 35.5. The van der Waals surface area contributed by atoms with Gasteiger partial charge in [0.1, 0.15) is 5.75 Å². The van der Waals surface area contributed by atoms with Crippen LogP contribution in [0.1, 0.15) is 12.8 Å². The number of carbonyl (C=O) groups is 1. The first kappa shape index (κ1) is 22.3. The molecule has 0 radical (unpaired) electrons. The van der Waals surface area contributed by atoms with Crippen LogP contribution in [0, 0.1) is 5.92 Å². The molecule has 4 rings (SSSR count). The molecule has 1 fully saturated rings. The summed E-state index contributed by atoms with van der Waals surface area (Å²) in [7, 11) is -2.09. The maximum absolute atomic E-state index is 12.8. The van der Waals surface area contributed by atoms with Gasteiger partial charge < -0.3 is 9.15 Å². The Hall–Kier alpha value is -2.95. The van der Waals surface area contributed by atoms with Gasteiger partial charge in [0.2, 0.25) is 15.9 Å². The number of benzene rings is 2. The predicted molar refractivity (Wildman–Crippen MR) is 118 cm³/mol. The lowest BCUT2D eigenvalue weighted by Crippen LogP contribution is -2.41. The number of aromatic nitrogens is 2. The number of nitrogens with zero attached hydrogens (tertiary/aromatic N) is 3. The Bertz CT molecular complexity index is 1200. The molecule has 0 atom stereocenters. The highest BCUT2D eigenvalue weighted by Gasteiger charge is 2.32. The number of ether oxygens (including phenoxy) is 1. The van der Waals surface area contributed by atoms with Crippen LogP contribution in [0.15, 0.2) is 57.8 Å². The van der Waals surface area contributed by atoms with Crippen molar-refractivity contribution in [2.24, 2.45) is 5.92 Å². The van der Waals surface area contributed by atoms with Gasteiger partial charge in [-0.3, -0.25) is 10.1 Å². The number of sulfonamides is 1. The fourth-order valence-corrected chi connectivity index (χ4v) is 5.12. The van der Waals surface area contributed by atoms with Crippen molar-refractivity contribution in [3.8, 4) is 17.2 Å². The number of amides is 1. The van der Waals surface area contributed by atoms with Gasteiger partial charge in [-0.2, -0.15) is 4.31 Å². The summed E-state index contributed by atoms with van der Waals surface area (Å²) in [5.74, 6) is 0.141. The number of rotatable bonds is 6. The lowest BCUT2D eigenvalue weighted by molar-refractivity contribution is -0.121. The normalized spacial score (nSPS) is 15.4. The second-order valence-corrected chi connectivity index (χ2v) is 9.61. The molecule has 0 saturated carbocycles. The summed E-state index contributed by atoms with van der Waals surface area (Å²) in [5, 5.41) is 10.9. The molecular weight excluding hydrogens is 456 g/mol. The summed E-state index contributed by atoms with van der Waals surface area (Å²) in [6, 6.07) is 13.2. The highest BCUT2D eigenvalue weighted by Crippen LogP contribution is 2.30. The molecule has 1 aliphatic heterocycles. The van der Waals surface area contributed by atoms with E-state index in [0.29, 0.717) is 29.2 Å². The number of para-hydroxylation sites is 1. The van der Waals surface area contributed by atoms with Crippen molar-refractivity contribution in [3.63, 3.8) is 0 Å². The monoisotopic (exact) mass is 476 g/mol. The maximum atomic E-state index is 12.8. The Morgan fingerprint density at radius 2 is 1.81 bits per heavy atom. The topological polar surface area (TPSA) is 115 Å². The molecule has 0 unspecified atom stereocenters. The zero-order chi connectivity index (χ0) is 22.7. The third-order valence-corrected chi connectivity index (χ3v) is 7.43. The summed E-state index contributed by atoms with van der Waals surface area (Å²) in [5.41, 5.74) is 0.615. The van der Waals surface area contributed by atoms with E-state index in [9.17, 15) is 13.2 Å². The smallest absolute Gasteiger partial charge is 0.322 e. The van der Waals surface area contributed by atoms with Crippen molar-refractivity contribution in [3.05, 3.63) is 53.6 Å². The summed E-state index contributed by atoms with van der Waals surface area (Å²) in [6.45, 7) is 0.471.